The van der Waals surface area contributed by atoms with Crippen LogP contribution in [0, 0.1) is 5.92 Å². The number of hydrogen-bond donors (Lipinski definition) is 1. The molecule has 1 saturated carbocycles. The summed E-state index contributed by atoms with van der Waals surface area (Å²) in [6.45, 7) is 0. The molecule has 0 bridgehead atoms. The lowest BCUT2D eigenvalue weighted by atomic mass is 9.80. The van der Waals surface area contributed by atoms with Crippen LogP contribution in [0.1, 0.15) is 38.5 Å². The summed E-state index contributed by atoms with van der Waals surface area (Å²) in [6.07, 6.45) is 7.78. The Morgan fingerprint density at radius 2 is 1.92 bits per heavy atom. The molecule has 1 fully saturated rings. The molecule has 2 nitrogen and oxygen atoms in total. The first kappa shape index (κ1) is 9.85. The van der Waals surface area contributed by atoms with Crippen molar-refractivity contribution in [2.75, 3.05) is 0 Å². The van der Waals surface area contributed by atoms with Crippen LogP contribution in [0.3, 0.4) is 0 Å². The summed E-state index contributed by atoms with van der Waals surface area (Å²) >= 11 is 0. The predicted octanol–water partition coefficient (Wildman–Crippen LogP) is 2.12. The second-order valence-electron chi connectivity index (χ2n) is 3.77. The van der Waals surface area contributed by atoms with E-state index >= 15 is 0 Å². The lowest BCUT2D eigenvalue weighted by Gasteiger charge is -2.32. The molecule has 0 amide bonds. The molecule has 0 spiro atoms. The minimum atomic E-state index is 0. The van der Waals surface area contributed by atoms with Crippen molar-refractivity contribution in [1.82, 2.24) is 0 Å². The lowest BCUT2D eigenvalue weighted by molar-refractivity contribution is 0.286. The van der Waals surface area contributed by atoms with Crippen LogP contribution in [-0.4, -0.2) is 11.9 Å². The van der Waals surface area contributed by atoms with Crippen molar-refractivity contribution in [2.24, 2.45) is 16.6 Å². The van der Waals surface area contributed by atoms with Gasteiger partial charge in [0.15, 0.2) is 0 Å². The van der Waals surface area contributed by atoms with E-state index in [9.17, 15) is 0 Å². The van der Waals surface area contributed by atoms with Gasteiger partial charge in [0.25, 0.3) is 0 Å². The molecular weight excluding hydrogens is 172 g/mol. The fraction of sp³-hybridized carbons (Fsp3) is 0.889. The quantitative estimate of drug-likeness (QED) is 0.622. The van der Waals surface area contributed by atoms with Crippen LogP contribution in [0.15, 0.2) is 4.99 Å². The average Bonchev–Trinajstić information content (AvgIpc) is 2.04. The third-order valence-corrected chi connectivity index (χ3v) is 2.97. The fourth-order valence-electron chi connectivity index (χ4n) is 2.31. The Morgan fingerprint density at radius 1 is 1.17 bits per heavy atom. The van der Waals surface area contributed by atoms with E-state index in [4.69, 9.17) is 5.73 Å². The molecule has 0 saturated heterocycles. The molecule has 2 atom stereocenters. The highest BCUT2D eigenvalue weighted by Gasteiger charge is 2.27. The van der Waals surface area contributed by atoms with Crippen molar-refractivity contribution in [3.05, 3.63) is 0 Å². The number of rotatable bonds is 0. The smallest absolute Gasteiger partial charge is 0.0940 e. The molecule has 0 aromatic rings. The van der Waals surface area contributed by atoms with Gasteiger partial charge in [-0.1, -0.05) is 12.8 Å². The minimum absolute atomic E-state index is 0. The maximum absolute atomic E-state index is 5.69. The molecule has 3 heteroatoms. The van der Waals surface area contributed by atoms with Gasteiger partial charge in [-0.15, -0.1) is 12.4 Å². The molecule has 0 aromatic heterocycles. The van der Waals surface area contributed by atoms with Gasteiger partial charge in [0.1, 0.15) is 0 Å². The van der Waals surface area contributed by atoms with Crippen molar-refractivity contribution >= 4 is 18.2 Å². The van der Waals surface area contributed by atoms with Crippen LogP contribution >= 0.6 is 12.4 Å². The largest absolute Gasteiger partial charge is 0.387 e. The van der Waals surface area contributed by atoms with Gasteiger partial charge >= 0.3 is 0 Å². The Hall–Kier alpha value is -0.240. The lowest BCUT2D eigenvalue weighted by Crippen LogP contribution is -2.31. The predicted molar refractivity (Wildman–Crippen MR) is 53.9 cm³/mol. The standard InChI is InChI=1S/C9H16N2.ClH/c10-9-6-5-7-3-1-2-4-8(7)11-9;/h7-8H,1-6H2,(H2,10,11);1H/t7-,8+;/m1./s1. The van der Waals surface area contributed by atoms with Crippen molar-refractivity contribution in [2.45, 2.75) is 44.6 Å². The third kappa shape index (κ3) is 1.92. The third-order valence-electron chi connectivity index (χ3n) is 2.97. The highest BCUT2D eigenvalue weighted by atomic mass is 35.5. The summed E-state index contributed by atoms with van der Waals surface area (Å²) in [5.74, 6) is 1.77. The molecule has 1 heterocycles. The highest BCUT2D eigenvalue weighted by molar-refractivity contribution is 5.85. The Labute approximate surface area is 80.0 Å². The van der Waals surface area contributed by atoms with Gasteiger partial charge in [-0.25, -0.2) is 0 Å². The first-order valence-electron chi connectivity index (χ1n) is 4.68. The topological polar surface area (TPSA) is 38.4 Å². The van der Waals surface area contributed by atoms with Crippen LogP contribution < -0.4 is 5.73 Å². The summed E-state index contributed by atoms with van der Waals surface area (Å²) in [7, 11) is 0. The van der Waals surface area contributed by atoms with Gasteiger partial charge in [-0.05, 0) is 25.2 Å². The van der Waals surface area contributed by atoms with Gasteiger partial charge in [0, 0.05) is 6.42 Å². The summed E-state index contributed by atoms with van der Waals surface area (Å²) in [6, 6.07) is 0.595. The Bertz CT molecular complexity index is 179. The van der Waals surface area contributed by atoms with Crippen molar-refractivity contribution < 1.29 is 0 Å². The van der Waals surface area contributed by atoms with Crippen LogP contribution in [0.4, 0.5) is 0 Å². The molecule has 1 aliphatic carbocycles. The summed E-state index contributed by atoms with van der Waals surface area (Å²) < 4.78 is 0. The summed E-state index contributed by atoms with van der Waals surface area (Å²) in [5, 5.41) is 0. The highest BCUT2D eigenvalue weighted by Crippen LogP contribution is 2.32. The van der Waals surface area contributed by atoms with E-state index in [1.165, 1.54) is 32.1 Å². The van der Waals surface area contributed by atoms with E-state index in [1.54, 1.807) is 0 Å². The molecule has 1 aliphatic heterocycles. The Balaban J connectivity index is 0.000000720. The SMILES string of the molecule is Cl.NC1=N[C@H]2CCCC[C@@H]2CC1. The minimum Gasteiger partial charge on any atom is -0.387 e. The number of aliphatic imine (C=N–C) groups is 1. The van der Waals surface area contributed by atoms with Gasteiger partial charge in [0.05, 0.1) is 11.9 Å². The van der Waals surface area contributed by atoms with E-state index < -0.39 is 0 Å². The maximum atomic E-state index is 5.69. The molecule has 0 unspecified atom stereocenters. The number of fused-ring (bicyclic) bond motifs is 1. The van der Waals surface area contributed by atoms with E-state index in [-0.39, 0.29) is 12.4 Å². The summed E-state index contributed by atoms with van der Waals surface area (Å²) in [5.41, 5.74) is 5.69. The molecule has 70 valence electrons. The van der Waals surface area contributed by atoms with Gasteiger partial charge in [-0.3, -0.25) is 4.99 Å². The maximum Gasteiger partial charge on any atom is 0.0940 e. The molecule has 0 aromatic carbocycles. The molecule has 12 heavy (non-hydrogen) atoms. The van der Waals surface area contributed by atoms with Crippen molar-refractivity contribution in [3.63, 3.8) is 0 Å². The summed E-state index contributed by atoms with van der Waals surface area (Å²) in [4.78, 5) is 4.50. The first-order chi connectivity index (χ1) is 5.36. The van der Waals surface area contributed by atoms with E-state index in [1.807, 2.05) is 0 Å². The second-order valence-corrected chi connectivity index (χ2v) is 3.77. The van der Waals surface area contributed by atoms with Crippen LogP contribution in [0.2, 0.25) is 0 Å². The number of halogens is 1. The molecule has 2 aliphatic rings. The zero-order valence-corrected chi connectivity index (χ0v) is 8.15. The van der Waals surface area contributed by atoms with Crippen molar-refractivity contribution in [3.8, 4) is 0 Å². The van der Waals surface area contributed by atoms with Gasteiger partial charge in [0.2, 0.25) is 0 Å². The number of nitrogens with two attached hydrogens (primary N) is 1. The zero-order chi connectivity index (χ0) is 7.68. The first-order valence-corrected chi connectivity index (χ1v) is 4.68. The van der Waals surface area contributed by atoms with Crippen LogP contribution in [0.5, 0.6) is 0 Å². The van der Waals surface area contributed by atoms with E-state index in [2.05, 4.69) is 4.99 Å². The Kier molecular flexibility index (Phi) is 3.39. The Morgan fingerprint density at radius 3 is 2.75 bits per heavy atom. The van der Waals surface area contributed by atoms with Gasteiger partial charge < -0.3 is 5.73 Å². The number of nitrogens with zero attached hydrogens (tertiary/aromatic N) is 1. The molecule has 2 rings (SSSR count). The molecular formula is C9H17ClN2. The molecule has 2 N–H and O–H groups in total. The van der Waals surface area contributed by atoms with Crippen LogP contribution in [0.25, 0.3) is 0 Å². The van der Waals surface area contributed by atoms with E-state index in [0.29, 0.717) is 6.04 Å². The van der Waals surface area contributed by atoms with Crippen LogP contribution in [-0.2, 0) is 0 Å². The number of hydrogen-bond acceptors (Lipinski definition) is 2. The average molecular weight is 189 g/mol. The normalized spacial score (nSPS) is 34.5. The second kappa shape index (κ2) is 4.13. The number of amidine groups is 1. The van der Waals surface area contributed by atoms with Crippen molar-refractivity contribution in [1.29, 1.82) is 0 Å². The zero-order valence-electron chi connectivity index (χ0n) is 7.33. The van der Waals surface area contributed by atoms with Gasteiger partial charge in [-0.2, -0.15) is 0 Å². The molecule has 0 radical (unpaired) electrons. The van der Waals surface area contributed by atoms with E-state index in [0.717, 1.165) is 18.2 Å². The fourth-order valence-corrected chi connectivity index (χ4v) is 2.31. The monoisotopic (exact) mass is 188 g/mol.